The molecule has 0 amide bonds. The van der Waals surface area contributed by atoms with Crippen molar-refractivity contribution in [2.75, 3.05) is 19.7 Å². The van der Waals surface area contributed by atoms with Crippen LogP contribution >= 0.6 is 11.3 Å². The zero-order valence-electron chi connectivity index (χ0n) is 9.65. The number of aromatic nitrogens is 2. The first kappa shape index (κ1) is 11.6. The van der Waals surface area contributed by atoms with Gasteiger partial charge in [-0.2, -0.15) is 0 Å². The number of carbonyl (C=O) groups is 1. The third kappa shape index (κ3) is 2.24. The number of thiazole rings is 1. The SMILES string of the molecule is O=C(O)C1CN(Cc2cn3ccsc3n2)CCO1. The zero-order chi connectivity index (χ0) is 12.5. The Bertz CT molecular complexity index is 536. The average molecular weight is 267 g/mol. The van der Waals surface area contributed by atoms with E-state index in [4.69, 9.17) is 9.84 Å². The number of carboxylic acids is 1. The van der Waals surface area contributed by atoms with E-state index in [0.717, 1.165) is 17.2 Å². The summed E-state index contributed by atoms with van der Waals surface area (Å²) < 4.78 is 7.17. The topological polar surface area (TPSA) is 67.1 Å². The fourth-order valence-corrected chi connectivity index (χ4v) is 2.80. The number of rotatable bonds is 3. The molecule has 1 aliphatic heterocycles. The van der Waals surface area contributed by atoms with Crippen molar-refractivity contribution < 1.29 is 14.6 Å². The molecular formula is C11H13N3O3S. The van der Waals surface area contributed by atoms with Gasteiger partial charge in [-0.3, -0.25) is 9.30 Å². The quantitative estimate of drug-likeness (QED) is 0.886. The average Bonchev–Trinajstić information content (AvgIpc) is 2.90. The Kier molecular flexibility index (Phi) is 3.02. The van der Waals surface area contributed by atoms with E-state index in [9.17, 15) is 4.79 Å². The van der Waals surface area contributed by atoms with Gasteiger partial charge in [0.25, 0.3) is 0 Å². The number of carboxylic acid groups (broad SMARTS) is 1. The second kappa shape index (κ2) is 4.68. The highest BCUT2D eigenvalue weighted by Gasteiger charge is 2.26. The normalized spacial score (nSPS) is 21.4. The number of imidazole rings is 1. The molecule has 7 heteroatoms. The number of morpholine rings is 1. The van der Waals surface area contributed by atoms with Gasteiger partial charge in [0, 0.05) is 37.4 Å². The molecule has 3 heterocycles. The van der Waals surface area contributed by atoms with Crippen LogP contribution in [-0.2, 0) is 16.1 Å². The van der Waals surface area contributed by atoms with E-state index >= 15 is 0 Å². The first-order chi connectivity index (χ1) is 8.72. The van der Waals surface area contributed by atoms with Gasteiger partial charge in [0.1, 0.15) is 0 Å². The summed E-state index contributed by atoms with van der Waals surface area (Å²) in [7, 11) is 0. The largest absolute Gasteiger partial charge is 0.479 e. The molecule has 0 aromatic carbocycles. The van der Waals surface area contributed by atoms with Crippen molar-refractivity contribution in [2.45, 2.75) is 12.6 Å². The molecule has 1 atom stereocenters. The minimum atomic E-state index is -0.898. The van der Waals surface area contributed by atoms with Gasteiger partial charge in [-0.1, -0.05) is 0 Å². The molecule has 1 N–H and O–H groups in total. The van der Waals surface area contributed by atoms with Crippen LogP contribution in [0.1, 0.15) is 5.69 Å². The van der Waals surface area contributed by atoms with E-state index in [1.807, 2.05) is 22.2 Å². The highest BCUT2D eigenvalue weighted by atomic mass is 32.1. The van der Waals surface area contributed by atoms with Crippen molar-refractivity contribution in [3.8, 4) is 0 Å². The maximum Gasteiger partial charge on any atom is 0.334 e. The van der Waals surface area contributed by atoms with Crippen LogP contribution in [0.15, 0.2) is 17.8 Å². The van der Waals surface area contributed by atoms with Gasteiger partial charge in [0.05, 0.1) is 12.3 Å². The molecule has 1 saturated heterocycles. The van der Waals surface area contributed by atoms with Gasteiger partial charge in [0.15, 0.2) is 11.1 Å². The third-order valence-corrected chi connectivity index (χ3v) is 3.73. The minimum absolute atomic E-state index is 0.417. The van der Waals surface area contributed by atoms with Crippen LogP contribution in [0.5, 0.6) is 0 Å². The highest BCUT2D eigenvalue weighted by Crippen LogP contribution is 2.14. The molecule has 1 unspecified atom stereocenters. The molecule has 0 aliphatic carbocycles. The second-order valence-corrected chi connectivity index (χ2v) is 5.13. The molecular weight excluding hydrogens is 254 g/mol. The van der Waals surface area contributed by atoms with Crippen LogP contribution in [0.25, 0.3) is 4.96 Å². The van der Waals surface area contributed by atoms with Crippen LogP contribution < -0.4 is 0 Å². The molecule has 0 radical (unpaired) electrons. The molecule has 6 nitrogen and oxygen atoms in total. The second-order valence-electron chi connectivity index (χ2n) is 4.26. The van der Waals surface area contributed by atoms with Crippen LogP contribution in [0.3, 0.4) is 0 Å². The van der Waals surface area contributed by atoms with Crippen molar-refractivity contribution in [1.82, 2.24) is 14.3 Å². The molecule has 0 bridgehead atoms. The highest BCUT2D eigenvalue weighted by molar-refractivity contribution is 7.15. The number of ether oxygens (including phenoxy) is 1. The summed E-state index contributed by atoms with van der Waals surface area (Å²) >= 11 is 1.59. The van der Waals surface area contributed by atoms with Crippen molar-refractivity contribution in [3.05, 3.63) is 23.5 Å². The number of aliphatic carboxylic acids is 1. The predicted octanol–water partition coefficient (Wildman–Crippen LogP) is 0.681. The molecule has 3 rings (SSSR count). The fourth-order valence-electron chi connectivity index (χ4n) is 2.08. The standard InChI is InChI=1S/C11H13N3O3S/c15-10(16)9-7-13(1-3-17-9)5-8-6-14-2-4-18-11(14)12-8/h2,4,6,9H,1,3,5,7H2,(H,15,16). The number of hydrogen-bond acceptors (Lipinski definition) is 5. The number of fused-ring (bicyclic) bond motifs is 1. The molecule has 0 saturated carbocycles. The summed E-state index contributed by atoms with van der Waals surface area (Å²) in [6, 6.07) is 0. The lowest BCUT2D eigenvalue weighted by Gasteiger charge is -2.30. The van der Waals surface area contributed by atoms with E-state index in [1.54, 1.807) is 11.3 Å². The van der Waals surface area contributed by atoms with Gasteiger partial charge in [-0.25, -0.2) is 9.78 Å². The van der Waals surface area contributed by atoms with Crippen LogP contribution in [0.2, 0.25) is 0 Å². The Hall–Kier alpha value is -1.44. The van der Waals surface area contributed by atoms with E-state index in [-0.39, 0.29) is 0 Å². The summed E-state index contributed by atoms with van der Waals surface area (Å²) in [6.07, 6.45) is 3.23. The first-order valence-electron chi connectivity index (χ1n) is 5.70. The maximum atomic E-state index is 10.9. The Morgan fingerprint density at radius 2 is 2.56 bits per heavy atom. The van der Waals surface area contributed by atoms with Crippen LogP contribution in [0.4, 0.5) is 0 Å². The van der Waals surface area contributed by atoms with E-state index in [2.05, 4.69) is 9.88 Å². The Labute approximate surface area is 107 Å². The lowest BCUT2D eigenvalue weighted by molar-refractivity contribution is -0.156. The summed E-state index contributed by atoms with van der Waals surface area (Å²) in [4.78, 5) is 18.4. The summed E-state index contributed by atoms with van der Waals surface area (Å²) in [5, 5.41) is 10.9. The molecule has 18 heavy (non-hydrogen) atoms. The Morgan fingerprint density at radius 3 is 3.33 bits per heavy atom. The Balaban J connectivity index is 1.68. The predicted molar refractivity (Wildman–Crippen MR) is 65.7 cm³/mol. The van der Waals surface area contributed by atoms with E-state index < -0.39 is 12.1 Å². The van der Waals surface area contributed by atoms with Gasteiger partial charge < -0.3 is 9.84 Å². The maximum absolute atomic E-state index is 10.9. The van der Waals surface area contributed by atoms with Gasteiger partial charge in [-0.15, -0.1) is 11.3 Å². The molecule has 1 aliphatic rings. The summed E-state index contributed by atoms with van der Waals surface area (Å²) in [6.45, 7) is 2.29. The first-order valence-corrected chi connectivity index (χ1v) is 6.58. The number of hydrogen-bond donors (Lipinski definition) is 1. The summed E-state index contributed by atoms with van der Waals surface area (Å²) in [5.41, 5.74) is 0.966. The van der Waals surface area contributed by atoms with Crippen LogP contribution in [-0.4, -0.2) is 51.2 Å². The van der Waals surface area contributed by atoms with Crippen molar-refractivity contribution in [1.29, 1.82) is 0 Å². The monoisotopic (exact) mass is 267 g/mol. The zero-order valence-corrected chi connectivity index (χ0v) is 10.5. The van der Waals surface area contributed by atoms with Crippen molar-refractivity contribution in [3.63, 3.8) is 0 Å². The molecule has 96 valence electrons. The van der Waals surface area contributed by atoms with E-state index in [1.165, 1.54) is 0 Å². The lowest BCUT2D eigenvalue weighted by Crippen LogP contribution is -2.45. The van der Waals surface area contributed by atoms with Crippen LogP contribution in [0, 0.1) is 0 Å². The van der Waals surface area contributed by atoms with Crippen molar-refractivity contribution in [2.24, 2.45) is 0 Å². The van der Waals surface area contributed by atoms with Crippen molar-refractivity contribution >= 4 is 22.3 Å². The Morgan fingerprint density at radius 1 is 1.67 bits per heavy atom. The lowest BCUT2D eigenvalue weighted by atomic mass is 10.2. The molecule has 0 spiro atoms. The molecule has 2 aromatic heterocycles. The van der Waals surface area contributed by atoms with Gasteiger partial charge in [0.2, 0.25) is 0 Å². The van der Waals surface area contributed by atoms with Gasteiger partial charge >= 0.3 is 5.97 Å². The van der Waals surface area contributed by atoms with E-state index in [0.29, 0.717) is 19.7 Å². The minimum Gasteiger partial charge on any atom is -0.479 e. The molecule has 2 aromatic rings. The molecule has 1 fully saturated rings. The third-order valence-electron chi connectivity index (χ3n) is 2.95. The van der Waals surface area contributed by atoms with Gasteiger partial charge in [-0.05, 0) is 0 Å². The number of nitrogens with zero attached hydrogens (tertiary/aromatic N) is 3. The summed E-state index contributed by atoms with van der Waals surface area (Å²) in [5.74, 6) is -0.898. The fraction of sp³-hybridized carbons (Fsp3) is 0.455. The smallest absolute Gasteiger partial charge is 0.334 e.